The number of carbonyl (C=O) groups is 3. The maximum Gasteiger partial charge on any atom is 0.419 e. The molecule has 3 amide bonds. The molecule has 0 aliphatic rings. The molecule has 0 atom stereocenters. The summed E-state index contributed by atoms with van der Waals surface area (Å²) in [6.07, 6.45) is -0.981. The van der Waals surface area contributed by atoms with Crippen LogP contribution in [0.4, 0.5) is 25.0 Å². The molecular formula is C28H28F2IN3O5. The lowest BCUT2D eigenvalue weighted by Gasteiger charge is -2.29. The Hall–Kier alpha value is -3.74. The number of nitrogens with zero attached hydrogens (tertiary/aromatic N) is 2. The SMILES string of the molecule is CN(C)C(=O)Cc1cccc(Oc2cc(F)cc(N(C(=O)OC(C)(C)C)c3ccc(I)cc3F)c2C(N)=O)c1. The van der Waals surface area contributed by atoms with Crippen LogP contribution in [-0.2, 0) is 16.0 Å². The predicted octanol–water partition coefficient (Wildman–Crippen LogP) is 6.16. The topological polar surface area (TPSA) is 102 Å². The van der Waals surface area contributed by atoms with E-state index in [0.29, 0.717) is 9.13 Å². The summed E-state index contributed by atoms with van der Waals surface area (Å²) in [5.41, 5.74) is 4.26. The van der Waals surface area contributed by atoms with Gasteiger partial charge < -0.3 is 20.1 Å². The number of hydrogen-bond donors (Lipinski definition) is 1. The molecule has 3 aromatic carbocycles. The summed E-state index contributed by atoms with van der Waals surface area (Å²) in [4.78, 5) is 40.4. The summed E-state index contributed by atoms with van der Waals surface area (Å²) in [6.45, 7) is 4.82. The lowest BCUT2D eigenvalue weighted by Crippen LogP contribution is -2.35. The van der Waals surface area contributed by atoms with Crippen molar-refractivity contribution < 1.29 is 32.6 Å². The van der Waals surface area contributed by atoms with Crippen molar-refractivity contribution in [2.45, 2.75) is 32.8 Å². The van der Waals surface area contributed by atoms with Gasteiger partial charge in [-0.3, -0.25) is 9.59 Å². The minimum atomic E-state index is -1.06. The molecule has 8 nitrogen and oxygen atoms in total. The highest BCUT2D eigenvalue weighted by molar-refractivity contribution is 14.1. The molecule has 2 N–H and O–H groups in total. The number of benzene rings is 3. The third-order valence-corrected chi connectivity index (χ3v) is 5.91. The van der Waals surface area contributed by atoms with Crippen molar-refractivity contribution in [3.63, 3.8) is 0 Å². The van der Waals surface area contributed by atoms with Gasteiger partial charge in [0, 0.05) is 23.7 Å². The Morgan fingerprint density at radius 3 is 2.26 bits per heavy atom. The minimum absolute atomic E-state index is 0.0831. The first-order valence-corrected chi connectivity index (χ1v) is 12.8. The Morgan fingerprint density at radius 1 is 0.974 bits per heavy atom. The van der Waals surface area contributed by atoms with E-state index in [9.17, 15) is 18.8 Å². The molecule has 0 aliphatic heterocycles. The van der Waals surface area contributed by atoms with Crippen molar-refractivity contribution in [2.24, 2.45) is 5.73 Å². The Morgan fingerprint density at radius 2 is 1.67 bits per heavy atom. The van der Waals surface area contributed by atoms with E-state index >= 15 is 4.39 Å². The van der Waals surface area contributed by atoms with E-state index in [0.717, 1.165) is 17.0 Å². The first kappa shape index (κ1) is 29.8. The number of amides is 3. The Labute approximate surface area is 238 Å². The van der Waals surface area contributed by atoms with E-state index in [2.05, 4.69) is 0 Å². The van der Waals surface area contributed by atoms with Gasteiger partial charge in [0.15, 0.2) is 0 Å². The number of anilines is 2. The molecule has 0 aromatic heterocycles. The number of carbonyl (C=O) groups excluding carboxylic acids is 3. The molecule has 0 saturated carbocycles. The fraction of sp³-hybridized carbons (Fsp3) is 0.250. The van der Waals surface area contributed by atoms with Gasteiger partial charge in [-0.25, -0.2) is 18.5 Å². The third kappa shape index (κ3) is 7.65. The molecule has 39 heavy (non-hydrogen) atoms. The van der Waals surface area contributed by atoms with Crippen molar-refractivity contribution in [1.29, 1.82) is 0 Å². The molecule has 0 heterocycles. The minimum Gasteiger partial charge on any atom is -0.456 e. The van der Waals surface area contributed by atoms with Crippen LogP contribution in [0.2, 0.25) is 0 Å². The zero-order valence-electron chi connectivity index (χ0n) is 22.1. The Bertz CT molecular complexity index is 1420. The predicted molar refractivity (Wildman–Crippen MR) is 151 cm³/mol. The van der Waals surface area contributed by atoms with Crippen LogP contribution in [0, 0.1) is 15.2 Å². The van der Waals surface area contributed by atoms with E-state index in [-0.39, 0.29) is 40.8 Å². The van der Waals surface area contributed by atoms with Gasteiger partial charge in [0.25, 0.3) is 5.91 Å². The number of likely N-dealkylation sites (N-methyl/N-ethyl adjacent to an activating group) is 1. The molecule has 0 aliphatic carbocycles. The second kappa shape index (κ2) is 12.0. The second-order valence-electron chi connectivity index (χ2n) is 9.79. The van der Waals surface area contributed by atoms with Crippen molar-refractivity contribution in [3.8, 4) is 11.5 Å². The second-order valence-corrected chi connectivity index (χ2v) is 11.0. The maximum atomic E-state index is 15.1. The normalized spacial score (nSPS) is 11.1. The van der Waals surface area contributed by atoms with Crippen LogP contribution in [0.5, 0.6) is 11.5 Å². The van der Waals surface area contributed by atoms with Crippen LogP contribution in [0.15, 0.2) is 54.6 Å². The summed E-state index contributed by atoms with van der Waals surface area (Å²) in [5.74, 6) is -3.03. The van der Waals surface area contributed by atoms with Gasteiger partial charge in [-0.15, -0.1) is 0 Å². The van der Waals surface area contributed by atoms with Crippen LogP contribution in [0.3, 0.4) is 0 Å². The summed E-state index contributed by atoms with van der Waals surface area (Å²) in [7, 11) is 3.26. The molecule has 0 bridgehead atoms. The number of nitrogens with two attached hydrogens (primary N) is 1. The first-order chi connectivity index (χ1) is 18.2. The van der Waals surface area contributed by atoms with Crippen LogP contribution < -0.4 is 15.4 Å². The highest BCUT2D eigenvalue weighted by atomic mass is 127. The highest BCUT2D eigenvalue weighted by Gasteiger charge is 2.32. The van der Waals surface area contributed by atoms with E-state index in [1.165, 1.54) is 23.1 Å². The van der Waals surface area contributed by atoms with Gasteiger partial charge in [-0.1, -0.05) is 12.1 Å². The fourth-order valence-corrected chi connectivity index (χ4v) is 4.00. The van der Waals surface area contributed by atoms with Crippen LogP contribution in [-0.4, -0.2) is 42.5 Å². The summed E-state index contributed by atoms with van der Waals surface area (Å²) >= 11 is 1.90. The number of rotatable bonds is 7. The Balaban J connectivity index is 2.18. The van der Waals surface area contributed by atoms with E-state index in [4.69, 9.17) is 15.2 Å². The largest absolute Gasteiger partial charge is 0.456 e. The highest BCUT2D eigenvalue weighted by Crippen LogP contribution is 2.39. The standard InChI is InChI=1S/C28H28F2IN3O5/c1-28(2,3)39-27(37)34(21-10-9-18(31)15-20(21)30)22-13-17(29)14-23(25(22)26(32)36)38-19-8-6-7-16(11-19)12-24(35)33(4)5/h6-11,13-15H,12H2,1-5H3,(H2,32,36). The van der Waals surface area contributed by atoms with Crippen LogP contribution >= 0.6 is 22.6 Å². The zero-order chi connectivity index (χ0) is 29.1. The quantitative estimate of drug-likeness (QED) is 0.309. The van der Waals surface area contributed by atoms with Gasteiger partial charge in [-0.2, -0.15) is 0 Å². The molecule has 0 fully saturated rings. The van der Waals surface area contributed by atoms with E-state index < -0.39 is 29.2 Å². The number of halogens is 3. The molecular weight excluding hydrogens is 623 g/mol. The van der Waals surface area contributed by atoms with Crippen molar-refractivity contribution in [3.05, 3.63) is 80.9 Å². The molecule has 0 saturated heterocycles. The monoisotopic (exact) mass is 651 g/mol. The summed E-state index contributed by atoms with van der Waals surface area (Å²) < 4.78 is 42.0. The van der Waals surface area contributed by atoms with Gasteiger partial charge >= 0.3 is 6.09 Å². The summed E-state index contributed by atoms with van der Waals surface area (Å²) in [6, 6.07) is 12.3. The van der Waals surface area contributed by atoms with Gasteiger partial charge in [-0.05, 0) is 85.3 Å². The molecule has 3 rings (SSSR count). The van der Waals surface area contributed by atoms with Gasteiger partial charge in [0.1, 0.15) is 34.3 Å². The van der Waals surface area contributed by atoms with E-state index in [1.807, 2.05) is 22.6 Å². The summed E-state index contributed by atoms with van der Waals surface area (Å²) in [5, 5.41) is 0. The lowest BCUT2D eigenvalue weighted by atomic mass is 10.1. The van der Waals surface area contributed by atoms with Gasteiger partial charge in [0.05, 0.1) is 17.8 Å². The maximum absolute atomic E-state index is 15.1. The van der Waals surface area contributed by atoms with Crippen LogP contribution in [0.25, 0.3) is 0 Å². The van der Waals surface area contributed by atoms with Crippen molar-refractivity contribution in [1.82, 2.24) is 4.90 Å². The molecule has 3 aromatic rings. The average Bonchev–Trinajstić information content (AvgIpc) is 2.79. The number of primary amides is 1. The third-order valence-electron chi connectivity index (χ3n) is 5.24. The Kier molecular flexibility index (Phi) is 9.15. The number of hydrogen-bond acceptors (Lipinski definition) is 5. The molecule has 0 unspecified atom stereocenters. The molecule has 11 heteroatoms. The smallest absolute Gasteiger partial charge is 0.419 e. The zero-order valence-corrected chi connectivity index (χ0v) is 24.2. The molecule has 0 spiro atoms. The molecule has 206 valence electrons. The van der Waals surface area contributed by atoms with Crippen molar-refractivity contribution >= 4 is 51.9 Å². The molecule has 0 radical (unpaired) electrons. The van der Waals surface area contributed by atoms with Gasteiger partial charge in [0.2, 0.25) is 5.91 Å². The fourth-order valence-electron chi connectivity index (χ4n) is 3.55. The van der Waals surface area contributed by atoms with E-state index in [1.54, 1.807) is 59.1 Å². The lowest BCUT2D eigenvalue weighted by molar-refractivity contribution is -0.127. The van der Waals surface area contributed by atoms with Crippen LogP contribution in [0.1, 0.15) is 36.7 Å². The van der Waals surface area contributed by atoms with Crippen molar-refractivity contribution in [2.75, 3.05) is 19.0 Å². The average molecular weight is 651 g/mol. The first-order valence-electron chi connectivity index (χ1n) is 11.7. The number of ether oxygens (including phenoxy) is 2.